The maximum absolute atomic E-state index is 15.0. The molecule has 0 radical (unpaired) electrons. The van der Waals surface area contributed by atoms with Crippen molar-refractivity contribution in [3.8, 4) is 22.7 Å². The first-order valence-corrected chi connectivity index (χ1v) is 13.5. The van der Waals surface area contributed by atoms with Crippen LogP contribution in [0.3, 0.4) is 0 Å². The third-order valence-corrected chi connectivity index (χ3v) is 8.09. The van der Waals surface area contributed by atoms with Crippen LogP contribution in [0.2, 0.25) is 5.02 Å². The second-order valence-electron chi connectivity index (χ2n) is 10.5. The molecule has 2 aromatic carbocycles. The molecule has 2 aliphatic rings. The van der Waals surface area contributed by atoms with Gasteiger partial charge < -0.3 is 14.9 Å². The van der Waals surface area contributed by atoms with Crippen LogP contribution in [0.1, 0.15) is 31.7 Å². The maximum atomic E-state index is 15.0. The van der Waals surface area contributed by atoms with Gasteiger partial charge in [-0.25, -0.2) is 18.7 Å². The molecular weight excluding hydrogens is 533 g/mol. The minimum absolute atomic E-state index is 0.0165. The fourth-order valence-corrected chi connectivity index (χ4v) is 6.20. The largest absolute Gasteiger partial charge is 0.507 e. The summed E-state index contributed by atoms with van der Waals surface area (Å²) < 4.78 is 16.4. The summed E-state index contributed by atoms with van der Waals surface area (Å²) >= 11 is 6.70. The second-order valence-corrected chi connectivity index (χ2v) is 10.9. The summed E-state index contributed by atoms with van der Waals surface area (Å²) in [5, 5.41) is 11.1. The molecule has 2 aliphatic heterocycles. The summed E-state index contributed by atoms with van der Waals surface area (Å²) in [6, 6.07) is 13.0. The van der Waals surface area contributed by atoms with Crippen molar-refractivity contribution in [1.29, 1.82) is 0 Å². The van der Waals surface area contributed by atoms with Gasteiger partial charge in [-0.2, -0.15) is 4.98 Å². The molecule has 0 aliphatic carbocycles. The molecule has 1 unspecified atom stereocenters. The number of nitrogens with zero attached hydrogens (tertiary/aromatic N) is 5. The van der Waals surface area contributed by atoms with Crippen molar-refractivity contribution >= 4 is 34.4 Å². The minimum Gasteiger partial charge on any atom is -0.507 e. The van der Waals surface area contributed by atoms with Gasteiger partial charge in [-0.15, -0.1) is 0 Å². The second kappa shape index (κ2) is 9.75. The summed E-state index contributed by atoms with van der Waals surface area (Å²) in [6.45, 7) is 8.63. The number of rotatable bonds is 5. The molecule has 8 nitrogen and oxygen atoms in total. The van der Waals surface area contributed by atoms with E-state index >= 15 is 0 Å². The molecule has 2 atom stereocenters. The zero-order chi connectivity index (χ0) is 28.3. The number of hydrogen-bond donors (Lipinski definition) is 1. The first-order valence-electron chi connectivity index (χ1n) is 13.1. The van der Waals surface area contributed by atoms with Crippen LogP contribution in [0.5, 0.6) is 5.75 Å². The van der Waals surface area contributed by atoms with E-state index in [1.54, 1.807) is 11.0 Å². The highest BCUT2D eigenvalue weighted by Gasteiger charge is 2.46. The van der Waals surface area contributed by atoms with E-state index < -0.39 is 11.5 Å². The molecule has 2 fully saturated rings. The number of hydrogen-bond acceptors (Lipinski definition) is 6. The van der Waals surface area contributed by atoms with E-state index in [-0.39, 0.29) is 51.6 Å². The van der Waals surface area contributed by atoms with Gasteiger partial charge in [-0.3, -0.25) is 4.79 Å². The molecule has 2 saturated heterocycles. The number of phenols is 1. The smallest absolute Gasteiger partial charge is 0.355 e. The van der Waals surface area contributed by atoms with Crippen molar-refractivity contribution in [3.05, 3.63) is 88.1 Å². The van der Waals surface area contributed by atoms with E-state index in [1.807, 2.05) is 43.0 Å². The molecule has 204 valence electrons. The predicted octanol–water partition coefficient (Wildman–Crippen LogP) is 5.04. The molecule has 4 heterocycles. The van der Waals surface area contributed by atoms with Crippen LogP contribution in [-0.4, -0.2) is 55.6 Å². The highest BCUT2D eigenvalue weighted by Crippen LogP contribution is 2.41. The Labute approximate surface area is 235 Å². The lowest BCUT2D eigenvalue weighted by molar-refractivity contribution is -0.127. The van der Waals surface area contributed by atoms with Crippen molar-refractivity contribution in [2.45, 2.75) is 38.3 Å². The summed E-state index contributed by atoms with van der Waals surface area (Å²) in [6.07, 6.45) is 2.06. The number of halogens is 2. The predicted molar refractivity (Wildman–Crippen MR) is 153 cm³/mol. The lowest BCUT2D eigenvalue weighted by Gasteiger charge is -2.35. The number of amides is 1. The van der Waals surface area contributed by atoms with Crippen molar-refractivity contribution in [1.82, 2.24) is 19.4 Å². The van der Waals surface area contributed by atoms with Gasteiger partial charge in [0.25, 0.3) is 0 Å². The summed E-state index contributed by atoms with van der Waals surface area (Å²) in [7, 11) is 0. The van der Waals surface area contributed by atoms with Crippen LogP contribution in [0.4, 0.5) is 10.2 Å². The third-order valence-electron chi connectivity index (χ3n) is 7.80. The molecule has 6 rings (SSSR count). The van der Waals surface area contributed by atoms with Gasteiger partial charge in [0.1, 0.15) is 17.4 Å². The van der Waals surface area contributed by atoms with E-state index in [0.717, 1.165) is 12.0 Å². The Morgan fingerprint density at radius 1 is 1.15 bits per heavy atom. The number of carbonyl (C=O) groups is 1. The molecular formula is C30H27ClFN5O3. The maximum Gasteiger partial charge on any atom is 0.355 e. The summed E-state index contributed by atoms with van der Waals surface area (Å²) in [4.78, 5) is 39.2. The molecule has 4 aromatic rings. The zero-order valence-corrected chi connectivity index (χ0v) is 22.8. The number of likely N-dealkylation sites (tertiary alicyclic amines) is 1. The number of piperazine rings is 1. The fourth-order valence-electron chi connectivity index (χ4n) is 5.96. The third kappa shape index (κ3) is 4.03. The number of para-hydroxylation sites is 1. The van der Waals surface area contributed by atoms with Crippen molar-refractivity contribution in [2.75, 3.05) is 18.0 Å². The standard InChI is InChI=1S/C30H27ClFN5O3/c1-4-25(39)35-14-18-12-17(35)15-36(18)28-20-13-21(31)27(26-22(32)9-7-11-24(26)38)33-29(20)37(30(40)34-28)23-10-6-5-8-19(23)16(2)3/h4-11,13,16-18,38H,1,12,14-15H2,2-3H3/t17-,18?/m1/s1. The zero-order valence-electron chi connectivity index (χ0n) is 22.0. The van der Waals surface area contributed by atoms with Gasteiger partial charge in [0.05, 0.1) is 39.4 Å². The molecule has 40 heavy (non-hydrogen) atoms. The number of benzene rings is 2. The van der Waals surface area contributed by atoms with Crippen LogP contribution < -0.4 is 10.6 Å². The number of aromatic nitrogens is 3. The van der Waals surface area contributed by atoms with Crippen LogP contribution >= 0.6 is 11.6 Å². The number of fused-ring (bicyclic) bond motifs is 3. The van der Waals surface area contributed by atoms with Gasteiger partial charge in [0.15, 0.2) is 5.65 Å². The van der Waals surface area contributed by atoms with Gasteiger partial charge in [-0.05, 0) is 48.2 Å². The first kappa shape index (κ1) is 26.0. The highest BCUT2D eigenvalue weighted by molar-refractivity contribution is 6.34. The molecule has 1 N–H and O–H groups in total. The molecule has 10 heteroatoms. The SMILES string of the molecule is C=CC(=O)N1CC2C[C@@H]1CN2c1nc(=O)n(-c2ccccc2C(C)C)c2nc(-c3c(O)cccc3F)c(Cl)cc12. The lowest BCUT2D eigenvalue weighted by Crippen LogP contribution is -2.49. The van der Waals surface area contributed by atoms with Crippen LogP contribution in [0, 0.1) is 5.82 Å². The van der Waals surface area contributed by atoms with Crippen LogP contribution in [0.15, 0.2) is 66.0 Å². The molecule has 1 amide bonds. The van der Waals surface area contributed by atoms with E-state index in [9.17, 15) is 19.1 Å². The van der Waals surface area contributed by atoms with E-state index in [1.165, 1.54) is 28.8 Å². The molecule has 2 aromatic heterocycles. The van der Waals surface area contributed by atoms with Crippen molar-refractivity contribution < 1.29 is 14.3 Å². The van der Waals surface area contributed by atoms with Crippen molar-refractivity contribution in [3.63, 3.8) is 0 Å². The van der Waals surface area contributed by atoms with Crippen LogP contribution in [-0.2, 0) is 4.79 Å². The Morgan fingerprint density at radius 2 is 1.93 bits per heavy atom. The van der Waals surface area contributed by atoms with E-state index in [2.05, 4.69) is 11.6 Å². The van der Waals surface area contributed by atoms with Gasteiger partial charge in [-0.1, -0.05) is 56.3 Å². The van der Waals surface area contributed by atoms with E-state index in [0.29, 0.717) is 30.0 Å². The monoisotopic (exact) mass is 559 g/mol. The number of pyridine rings is 1. The average molecular weight is 560 g/mol. The van der Waals surface area contributed by atoms with Gasteiger partial charge in [0, 0.05) is 13.1 Å². The fraction of sp³-hybridized carbons (Fsp3) is 0.267. The van der Waals surface area contributed by atoms with Crippen LogP contribution in [0.25, 0.3) is 28.0 Å². The summed E-state index contributed by atoms with van der Waals surface area (Å²) in [5.74, 6) is -0.630. The summed E-state index contributed by atoms with van der Waals surface area (Å²) in [5.41, 5.74) is 1.08. The highest BCUT2D eigenvalue weighted by atomic mass is 35.5. The minimum atomic E-state index is -0.691. The Kier molecular flexibility index (Phi) is 6.34. The number of phenolic OH excluding ortho intramolecular Hbond substituents is 1. The van der Waals surface area contributed by atoms with Gasteiger partial charge >= 0.3 is 5.69 Å². The number of carbonyl (C=O) groups excluding carboxylic acids is 1. The number of anilines is 1. The first-order chi connectivity index (χ1) is 19.2. The Bertz CT molecular complexity index is 1730. The van der Waals surface area contributed by atoms with Gasteiger partial charge in [0.2, 0.25) is 5.91 Å². The molecule has 0 saturated carbocycles. The quantitative estimate of drug-likeness (QED) is 0.344. The topological polar surface area (TPSA) is 91.6 Å². The molecule has 0 spiro atoms. The Hall–Kier alpha value is -4.24. The average Bonchev–Trinajstić information content (AvgIpc) is 3.54. The Morgan fingerprint density at radius 3 is 2.60 bits per heavy atom. The van der Waals surface area contributed by atoms with E-state index in [4.69, 9.17) is 16.6 Å². The number of aromatic hydroxyl groups is 1. The lowest BCUT2D eigenvalue weighted by atomic mass is 10.0. The molecule has 2 bridgehead atoms. The Balaban J connectivity index is 1.62. The normalized spacial score (nSPS) is 18.2. The van der Waals surface area contributed by atoms with Crippen molar-refractivity contribution in [2.24, 2.45) is 0 Å².